The third-order valence-corrected chi connectivity index (χ3v) is 4.53. The molecule has 3 heteroatoms. The second-order valence-electron chi connectivity index (χ2n) is 5.66. The van der Waals surface area contributed by atoms with Crippen molar-refractivity contribution in [3.8, 4) is 0 Å². The standard InChI is InChI=1S/C13H24N2O/c1-2-16-13-11-8-15(9-12(11)13)7-10-3-5-14-6-4-10/h10-14H,2-9H2,1H3/t11-,12+,13?. The van der Waals surface area contributed by atoms with Gasteiger partial charge in [-0.1, -0.05) is 0 Å². The minimum Gasteiger partial charge on any atom is -0.378 e. The molecule has 3 rings (SSSR count). The second kappa shape index (κ2) is 4.63. The SMILES string of the molecule is CCOC1[C@H]2CN(CC3CCNCC3)C[C@@H]12. The summed E-state index contributed by atoms with van der Waals surface area (Å²) >= 11 is 0. The van der Waals surface area contributed by atoms with E-state index in [-0.39, 0.29) is 0 Å². The number of rotatable bonds is 4. The Kier molecular flexibility index (Phi) is 3.18. The fourth-order valence-corrected chi connectivity index (χ4v) is 3.58. The van der Waals surface area contributed by atoms with E-state index in [0.717, 1.165) is 24.4 Å². The Morgan fingerprint density at radius 3 is 2.50 bits per heavy atom. The van der Waals surface area contributed by atoms with Crippen LogP contribution in [0.15, 0.2) is 0 Å². The van der Waals surface area contributed by atoms with Gasteiger partial charge in [-0.2, -0.15) is 0 Å². The second-order valence-corrected chi connectivity index (χ2v) is 5.66. The number of ether oxygens (including phenoxy) is 1. The van der Waals surface area contributed by atoms with E-state index in [4.69, 9.17) is 4.74 Å². The molecule has 2 saturated heterocycles. The number of piperidine rings is 2. The topological polar surface area (TPSA) is 24.5 Å². The summed E-state index contributed by atoms with van der Waals surface area (Å²) in [6.07, 6.45) is 3.37. The number of fused-ring (bicyclic) bond motifs is 1. The molecule has 0 aromatic heterocycles. The van der Waals surface area contributed by atoms with Crippen LogP contribution in [0.5, 0.6) is 0 Å². The molecule has 0 radical (unpaired) electrons. The van der Waals surface area contributed by atoms with Crippen LogP contribution in [0.25, 0.3) is 0 Å². The van der Waals surface area contributed by atoms with Crippen molar-refractivity contribution in [3.63, 3.8) is 0 Å². The average Bonchev–Trinajstić information content (AvgIpc) is 2.76. The maximum absolute atomic E-state index is 5.72. The predicted molar refractivity (Wildman–Crippen MR) is 64.4 cm³/mol. The van der Waals surface area contributed by atoms with Crippen LogP contribution in [0.2, 0.25) is 0 Å². The van der Waals surface area contributed by atoms with Crippen LogP contribution in [-0.2, 0) is 4.74 Å². The van der Waals surface area contributed by atoms with Crippen molar-refractivity contribution in [1.82, 2.24) is 10.2 Å². The molecule has 3 atom stereocenters. The molecule has 1 unspecified atom stereocenters. The summed E-state index contributed by atoms with van der Waals surface area (Å²) in [5, 5.41) is 3.44. The first-order chi connectivity index (χ1) is 7.88. The molecular weight excluding hydrogens is 200 g/mol. The summed E-state index contributed by atoms with van der Waals surface area (Å²) in [7, 11) is 0. The minimum absolute atomic E-state index is 0.620. The molecule has 92 valence electrons. The molecular formula is C13H24N2O. The van der Waals surface area contributed by atoms with Crippen molar-refractivity contribution in [1.29, 1.82) is 0 Å². The Morgan fingerprint density at radius 1 is 1.19 bits per heavy atom. The number of likely N-dealkylation sites (tertiary alicyclic amines) is 1. The lowest BCUT2D eigenvalue weighted by molar-refractivity contribution is 0.0869. The van der Waals surface area contributed by atoms with Crippen LogP contribution in [0.4, 0.5) is 0 Å². The minimum atomic E-state index is 0.620. The summed E-state index contributed by atoms with van der Waals surface area (Å²) in [5.41, 5.74) is 0. The molecule has 3 fully saturated rings. The number of hydrogen-bond donors (Lipinski definition) is 1. The van der Waals surface area contributed by atoms with E-state index in [1.54, 1.807) is 0 Å². The van der Waals surface area contributed by atoms with Gasteiger partial charge in [0.1, 0.15) is 0 Å². The highest BCUT2D eigenvalue weighted by molar-refractivity contribution is 5.07. The summed E-state index contributed by atoms with van der Waals surface area (Å²) in [4.78, 5) is 2.68. The third-order valence-electron chi connectivity index (χ3n) is 4.53. The zero-order valence-corrected chi connectivity index (χ0v) is 10.3. The molecule has 2 heterocycles. The van der Waals surface area contributed by atoms with E-state index in [9.17, 15) is 0 Å². The van der Waals surface area contributed by atoms with E-state index >= 15 is 0 Å². The van der Waals surface area contributed by atoms with Crippen molar-refractivity contribution < 1.29 is 4.74 Å². The lowest BCUT2D eigenvalue weighted by Gasteiger charge is -2.28. The Balaban J connectivity index is 1.40. The first-order valence-electron chi connectivity index (χ1n) is 6.93. The zero-order valence-electron chi connectivity index (χ0n) is 10.3. The van der Waals surface area contributed by atoms with E-state index < -0.39 is 0 Å². The summed E-state index contributed by atoms with van der Waals surface area (Å²) in [5.74, 6) is 2.70. The molecule has 3 nitrogen and oxygen atoms in total. The van der Waals surface area contributed by atoms with E-state index in [2.05, 4.69) is 17.1 Å². The van der Waals surface area contributed by atoms with Crippen molar-refractivity contribution in [3.05, 3.63) is 0 Å². The Morgan fingerprint density at radius 2 is 1.88 bits per heavy atom. The molecule has 0 bridgehead atoms. The van der Waals surface area contributed by atoms with Crippen molar-refractivity contribution in [2.24, 2.45) is 17.8 Å². The highest BCUT2D eigenvalue weighted by Crippen LogP contribution is 2.47. The van der Waals surface area contributed by atoms with Gasteiger partial charge in [-0.25, -0.2) is 0 Å². The quantitative estimate of drug-likeness (QED) is 0.769. The summed E-state index contributed by atoms with van der Waals surface area (Å²) in [6, 6.07) is 0. The molecule has 3 aliphatic rings. The zero-order chi connectivity index (χ0) is 11.0. The predicted octanol–water partition coefficient (Wildman–Crippen LogP) is 0.953. The van der Waals surface area contributed by atoms with Gasteiger partial charge in [-0.15, -0.1) is 0 Å². The largest absolute Gasteiger partial charge is 0.378 e. The van der Waals surface area contributed by atoms with Gasteiger partial charge < -0.3 is 15.0 Å². The Bertz CT molecular complexity index is 228. The normalized spacial score (nSPS) is 39.9. The van der Waals surface area contributed by atoms with Crippen molar-refractivity contribution >= 4 is 0 Å². The molecule has 1 saturated carbocycles. The van der Waals surface area contributed by atoms with E-state index in [1.165, 1.54) is 45.6 Å². The van der Waals surface area contributed by atoms with Crippen molar-refractivity contribution in [2.75, 3.05) is 39.3 Å². The van der Waals surface area contributed by atoms with Crippen molar-refractivity contribution in [2.45, 2.75) is 25.9 Å². The molecule has 0 amide bonds. The van der Waals surface area contributed by atoms with Gasteiger partial charge in [0, 0.05) is 38.1 Å². The van der Waals surface area contributed by atoms with Crippen LogP contribution >= 0.6 is 0 Å². The molecule has 2 aliphatic heterocycles. The lowest BCUT2D eigenvalue weighted by Crippen LogP contribution is -2.36. The van der Waals surface area contributed by atoms with Crippen LogP contribution in [0, 0.1) is 17.8 Å². The fraction of sp³-hybridized carbons (Fsp3) is 1.00. The van der Waals surface area contributed by atoms with Crippen LogP contribution in [-0.4, -0.2) is 50.3 Å². The van der Waals surface area contributed by atoms with Gasteiger partial charge >= 0.3 is 0 Å². The highest BCUT2D eigenvalue weighted by Gasteiger charge is 2.56. The average molecular weight is 224 g/mol. The fourth-order valence-electron chi connectivity index (χ4n) is 3.58. The number of nitrogens with one attached hydrogen (secondary N) is 1. The molecule has 0 aromatic rings. The van der Waals surface area contributed by atoms with Gasteiger partial charge in [-0.3, -0.25) is 0 Å². The van der Waals surface area contributed by atoms with E-state index in [0.29, 0.717) is 6.10 Å². The van der Waals surface area contributed by atoms with Crippen LogP contribution in [0.1, 0.15) is 19.8 Å². The molecule has 1 aliphatic carbocycles. The number of nitrogens with zero attached hydrogens (tertiary/aromatic N) is 1. The smallest absolute Gasteiger partial charge is 0.0663 e. The van der Waals surface area contributed by atoms with Gasteiger partial charge in [0.05, 0.1) is 6.10 Å². The molecule has 0 aromatic carbocycles. The van der Waals surface area contributed by atoms with Gasteiger partial charge in [0.2, 0.25) is 0 Å². The van der Waals surface area contributed by atoms with Gasteiger partial charge in [-0.05, 0) is 38.8 Å². The summed E-state index contributed by atoms with van der Waals surface area (Å²) < 4.78 is 5.72. The number of hydrogen-bond acceptors (Lipinski definition) is 3. The van der Waals surface area contributed by atoms with Crippen LogP contribution in [0.3, 0.4) is 0 Å². The Labute approximate surface area is 98.5 Å². The maximum atomic E-state index is 5.72. The first-order valence-corrected chi connectivity index (χ1v) is 6.93. The van der Waals surface area contributed by atoms with E-state index in [1.807, 2.05) is 0 Å². The lowest BCUT2D eigenvalue weighted by atomic mass is 9.97. The molecule has 0 spiro atoms. The van der Waals surface area contributed by atoms with Crippen LogP contribution < -0.4 is 5.32 Å². The maximum Gasteiger partial charge on any atom is 0.0663 e. The third kappa shape index (κ3) is 2.13. The van der Waals surface area contributed by atoms with Gasteiger partial charge in [0.25, 0.3) is 0 Å². The Hall–Kier alpha value is -0.120. The monoisotopic (exact) mass is 224 g/mol. The summed E-state index contributed by atoms with van der Waals surface area (Å²) in [6.45, 7) is 9.42. The highest BCUT2D eigenvalue weighted by atomic mass is 16.5. The molecule has 1 N–H and O–H groups in total. The first kappa shape index (κ1) is 11.0. The van der Waals surface area contributed by atoms with Gasteiger partial charge in [0.15, 0.2) is 0 Å². The molecule has 16 heavy (non-hydrogen) atoms.